The largest absolute Gasteiger partial charge is 0.466 e. The van der Waals surface area contributed by atoms with Gasteiger partial charge in [0, 0.05) is 19.5 Å². The average Bonchev–Trinajstić information content (AvgIpc) is 2.65. The number of ether oxygens (including phenoxy) is 2. The Bertz CT molecular complexity index is 306. The van der Waals surface area contributed by atoms with Gasteiger partial charge >= 0.3 is 12.1 Å². The maximum atomic E-state index is 11.9. The van der Waals surface area contributed by atoms with Crippen molar-refractivity contribution in [2.75, 3.05) is 26.3 Å². The standard InChI is InChI=1S/C15H27NO4/c1-3-5-11-20-15(18)16-9-6-7-13(8-10-16)12-14(17)19-4-2/h13H,3-12H2,1-2H3. The van der Waals surface area contributed by atoms with Gasteiger partial charge in [-0.15, -0.1) is 0 Å². The molecule has 0 N–H and O–H groups in total. The molecule has 5 nitrogen and oxygen atoms in total. The molecule has 1 aliphatic heterocycles. The molecule has 1 atom stereocenters. The minimum absolute atomic E-state index is 0.128. The number of carbonyl (C=O) groups excluding carboxylic acids is 2. The Balaban J connectivity index is 2.31. The highest BCUT2D eigenvalue weighted by atomic mass is 16.6. The van der Waals surface area contributed by atoms with Gasteiger partial charge in [0.2, 0.25) is 0 Å². The van der Waals surface area contributed by atoms with Gasteiger partial charge in [0.05, 0.1) is 13.2 Å². The Morgan fingerprint density at radius 1 is 1.15 bits per heavy atom. The summed E-state index contributed by atoms with van der Waals surface area (Å²) in [5.41, 5.74) is 0. The number of hydrogen-bond donors (Lipinski definition) is 0. The van der Waals surface area contributed by atoms with Crippen LogP contribution in [-0.4, -0.2) is 43.3 Å². The Labute approximate surface area is 121 Å². The molecule has 1 heterocycles. The first-order chi connectivity index (χ1) is 9.67. The zero-order valence-electron chi connectivity index (χ0n) is 12.7. The molecule has 1 amide bonds. The van der Waals surface area contributed by atoms with Crippen LogP contribution in [0.5, 0.6) is 0 Å². The van der Waals surface area contributed by atoms with Crippen molar-refractivity contribution in [1.82, 2.24) is 4.90 Å². The number of rotatable bonds is 6. The fraction of sp³-hybridized carbons (Fsp3) is 0.867. The summed E-state index contributed by atoms with van der Waals surface area (Å²) in [6.07, 6.45) is 4.92. The monoisotopic (exact) mass is 285 g/mol. The maximum Gasteiger partial charge on any atom is 0.409 e. The second-order valence-corrected chi connectivity index (χ2v) is 5.26. The van der Waals surface area contributed by atoms with E-state index in [-0.39, 0.29) is 12.1 Å². The Morgan fingerprint density at radius 3 is 2.65 bits per heavy atom. The molecule has 20 heavy (non-hydrogen) atoms. The van der Waals surface area contributed by atoms with Gasteiger partial charge in [0.25, 0.3) is 0 Å². The van der Waals surface area contributed by atoms with E-state index in [2.05, 4.69) is 6.92 Å². The fourth-order valence-corrected chi connectivity index (χ4v) is 2.40. The molecule has 1 fully saturated rings. The fourth-order valence-electron chi connectivity index (χ4n) is 2.40. The highest BCUT2D eigenvalue weighted by Crippen LogP contribution is 2.21. The zero-order chi connectivity index (χ0) is 14.8. The van der Waals surface area contributed by atoms with Crippen LogP contribution in [0.15, 0.2) is 0 Å². The van der Waals surface area contributed by atoms with Crippen LogP contribution in [-0.2, 0) is 14.3 Å². The Morgan fingerprint density at radius 2 is 1.95 bits per heavy atom. The summed E-state index contributed by atoms with van der Waals surface area (Å²) < 4.78 is 10.2. The van der Waals surface area contributed by atoms with E-state index in [1.165, 1.54) is 0 Å². The van der Waals surface area contributed by atoms with Gasteiger partial charge in [-0.05, 0) is 38.5 Å². The van der Waals surface area contributed by atoms with E-state index in [4.69, 9.17) is 9.47 Å². The van der Waals surface area contributed by atoms with Gasteiger partial charge in [0.15, 0.2) is 0 Å². The summed E-state index contributed by atoms with van der Waals surface area (Å²) in [6.45, 7) is 6.22. The SMILES string of the molecule is CCCCOC(=O)N1CCCC(CC(=O)OCC)CC1. The summed E-state index contributed by atoms with van der Waals surface area (Å²) >= 11 is 0. The highest BCUT2D eigenvalue weighted by Gasteiger charge is 2.23. The van der Waals surface area contributed by atoms with Gasteiger partial charge in [-0.1, -0.05) is 13.3 Å². The third kappa shape index (κ3) is 6.26. The lowest BCUT2D eigenvalue weighted by molar-refractivity contribution is -0.144. The second kappa shape index (κ2) is 9.61. The molecular formula is C15H27NO4. The minimum atomic E-state index is -0.213. The molecule has 0 aromatic heterocycles. The van der Waals surface area contributed by atoms with E-state index in [0.29, 0.717) is 32.1 Å². The van der Waals surface area contributed by atoms with Crippen molar-refractivity contribution in [2.24, 2.45) is 5.92 Å². The van der Waals surface area contributed by atoms with E-state index in [0.717, 1.165) is 38.6 Å². The van der Waals surface area contributed by atoms with Gasteiger partial charge in [0.1, 0.15) is 0 Å². The highest BCUT2D eigenvalue weighted by molar-refractivity contribution is 5.69. The number of nitrogens with zero attached hydrogens (tertiary/aromatic N) is 1. The van der Waals surface area contributed by atoms with Gasteiger partial charge in [-0.25, -0.2) is 4.79 Å². The van der Waals surface area contributed by atoms with Crippen LogP contribution in [0.2, 0.25) is 0 Å². The Kier molecular flexibility index (Phi) is 8.07. The summed E-state index contributed by atoms with van der Waals surface area (Å²) in [5.74, 6) is 0.193. The van der Waals surface area contributed by atoms with Gasteiger partial charge in [-0.3, -0.25) is 4.79 Å². The number of unbranched alkanes of at least 4 members (excludes halogenated alkanes) is 1. The molecule has 1 saturated heterocycles. The van der Waals surface area contributed by atoms with E-state index in [9.17, 15) is 9.59 Å². The predicted molar refractivity (Wildman–Crippen MR) is 76.4 cm³/mol. The lowest BCUT2D eigenvalue weighted by Gasteiger charge is -2.20. The van der Waals surface area contributed by atoms with Crippen molar-refractivity contribution >= 4 is 12.1 Å². The number of likely N-dealkylation sites (tertiary alicyclic amines) is 1. The number of amides is 1. The average molecular weight is 285 g/mol. The second-order valence-electron chi connectivity index (χ2n) is 5.26. The van der Waals surface area contributed by atoms with Crippen LogP contribution in [0.4, 0.5) is 4.79 Å². The van der Waals surface area contributed by atoms with Crippen molar-refractivity contribution in [1.29, 1.82) is 0 Å². The summed E-state index contributed by atoms with van der Waals surface area (Å²) in [5, 5.41) is 0. The van der Waals surface area contributed by atoms with Crippen LogP contribution >= 0.6 is 0 Å². The van der Waals surface area contributed by atoms with Crippen LogP contribution in [0.25, 0.3) is 0 Å². The maximum absolute atomic E-state index is 11.9. The minimum Gasteiger partial charge on any atom is -0.466 e. The first-order valence-electron chi connectivity index (χ1n) is 7.74. The quantitative estimate of drug-likeness (QED) is 0.556. The van der Waals surface area contributed by atoms with E-state index < -0.39 is 0 Å². The van der Waals surface area contributed by atoms with Gasteiger partial charge < -0.3 is 14.4 Å². The molecule has 0 saturated carbocycles. The van der Waals surface area contributed by atoms with Crippen molar-refractivity contribution in [3.05, 3.63) is 0 Å². The molecule has 116 valence electrons. The van der Waals surface area contributed by atoms with Crippen LogP contribution in [0.1, 0.15) is 52.4 Å². The van der Waals surface area contributed by atoms with Crippen LogP contribution in [0, 0.1) is 5.92 Å². The number of carbonyl (C=O) groups is 2. The first kappa shape index (κ1) is 16.8. The van der Waals surface area contributed by atoms with Crippen molar-refractivity contribution in [3.63, 3.8) is 0 Å². The normalized spacial score (nSPS) is 19.3. The molecule has 0 aliphatic carbocycles. The molecule has 5 heteroatoms. The molecular weight excluding hydrogens is 258 g/mol. The zero-order valence-corrected chi connectivity index (χ0v) is 12.7. The van der Waals surface area contributed by atoms with Crippen LogP contribution in [0.3, 0.4) is 0 Å². The van der Waals surface area contributed by atoms with E-state index >= 15 is 0 Å². The van der Waals surface area contributed by atoms with Crippen molar-refractivity contribution < 1.29 is 19.1 Å². The summed E-state index contributed by atoms with van der Waals surface area (Å²) in [7, 11) is 0. The van der Waals surface area contributed by atoms with Crippen molar-refractivity contribution in [2.45, 2.75) is 52.4 Å². The lowest BCUT2D eigenvalue weighted by atomic mass is 9.97. The molecule has 1 rings (SSSR count). The molecule has 0 radical (unpaired) electrons. The van der Waals surface area contributed by atoms with Crippen molar-refractivity contribution in [3.8, 4) is 0 Å². The predicted octanol–water partition coefficient (Wildman–Crippen LogP) is 2.98. The van der Waals surface area contributed by atoms with E-state index in [1.54, 1.807) is 4.90 Å². The first-order valence-corrected chi connectivity index (χ1v) is 7.74. The molecule has 0 aromatic rings. The number of hydrogen-bond acceptors (Lipinski definition) is 4. The molecule has 0 aromatic carbocycles. The molecule has 1 aliphatic rings. The third-order valence-electron chi connectivity index (χ3n) is 3.59. The smallest absolute Gasteiger partial charge is 0.409 e. The van der Waals surface area contributed by atoms with E-state index in [1.807, 2.05) is 6.92 Å². The Hall–Kier alpha value is -1.26. The lowest BCUT2D eigenvalue weighted by Crippen LogP contribution is -2.32. The number of esters is 1. The molecule has 1 unspecified atom stereocenters. The summed E-state index contributed by atoms with van der Waals surface area (Å²) in [6, 6.07) is 0. The molecule has 0 spiro atoms. The topological polar surface area (TPSA) is 55.8 Å². The summed E-state index contributed by atoms with van der Waals surface area (Å²) in [4.78, 5) is 25.1. The van der Waals surface area contributed by atoms with Gasteiger partial charge in [-0.2, -0.15) is 0 Å². The molecule has 0 bridgehead atoms. The van der Waals surface area contributed by atoms with Crippen LogP contribution < -0.4 is 0 Å². The third-order valence-corrected chi connectivity index (χ3v) is 3.59.